The van der Waals surface area contributed by atoms with Gasteiger partial charge in [0.25, 0.3) is 0 Å². The summed E-state index contributed by atoms with van der Waals surface area (Å²) in [7, 11) is 0. The van der Waals surface area contributed by atoms with Crippen molar-refractivity contribution in [3.8, 4) is 17.3 Å². The summed E-state index contributed by atoms with van der Waals surface area (Å²) in [6.07, 6.45) is 1.43. The first kappa shape index (κ1) is 25.5. The van der Waals surface area contributed by atoms with Crippen LogP contribution < -0.4 is 15.0 Å². The maximum atomic E-state index is 15.8. The molecule has 3 saturated heterocycles. The average Bonchev–Trinajstić information content (AvgIpc) is 3.47. The Kier molecular flexibility index (Phi) is 6.27. The van der Waals surface area contributed by atoms with Crippen molar-refractivity contribution in [1.29, 1.82) is 0 Å². The summed E-state index contributed by atoms with van der Waals surface area (Å²) >= 11 is 0. The Hall–Kier alpha value is -3.50. The minimum absolute atomic E-state index is 0.0174. The summed E-state index contributed by atoms with van der Waals surface area (Å²) in [5, 5.41) is 4.80. The van der Waals surface area contributed by atoms with Crippen LogP contribution in [-0.2, 0) is 0 Å². The third-order valence-corrected chi connectivity index (χ3v) is 8.71. The molecule has 7 nitrogen and oxygen atoms in total. The summed E-state index contributed by atoms with van der Waals surface area (Å²) in [4.78, 5) is 18.3. The van der Waals surface area contributed by atoms with E-state index in [9.17, 15) is 8.78 Å². The van der Waals surface area contributed by atoms with Crippen LogP contribution in [-0.4, -0.2) is 76.9 Å². The molecule has 10 heteroatoms. The van der Waals surface area contributed by atoms with Gasteiger partial charge in [0, 0.05) is 49.6 Å². The summed E-state index contributed by atoms with van der Waals surface area (Å²) in [6, 6.07) is 11.6. The number of ether oxygens (including phenoxy) is 1. The monoisotopic (exact) mass is 548 g/mol. The number of nitrogens with one attached hydrogen (secondary N) is 1. The van der Waals surface area contributed by atoms with Crippen molar-refractivity contribution >= 4 is 27.6 Å². The first-order valence-electron chi connectivity index (χ1n) is 14.0. The van der Waals surface area contributed by atoms with Gasteiger partial charge in [-0.15, -0.1) is 0 Å². The van der Waals surface area contributed by atoms with E-state index < -0.39 is 17.8 Å². The molecule has 40 heavy (non-hydrogen) atoms. The minimum Gasteiger partial charge on any atom is -0.461 e. The molecule has 5 heterocycles. The van der Waals surface area contributed by atoms with Crippen molar-refractivity contribution in [1.82, 2.24) is 25.2 Å². The molecule has 2 aromatic carbocycles. The lowest BCUT2D eigenvalue weighted by atomic mass is 9.95. The number of hydrogen-bond acceptors (Lipinski definition) is 7. The number of benzene rings is 2. The molecular formula is C30H31F3N6O. The smallest absolute Gasteiger partial charge is 0.320 e. The predicted molar refractivity (Wildman–Crippen MR) is 148 cm³/mol. The van der Waals surface area contributed by atoms with Gasteiger partial charge in [-0.05, 0) is 43.8 Å². The van der Waals surface area contributed by atoms with Crippen molar-refractivity contribution in [2.45, 2.75) is 43.9 Å². The van der Waals surface area contributed by atoms with E-state index in [2.05, 4.69) is 32.0 Å². The van der Waals surface area contributed by atoms with E-state index in [-0.39, 0.29) is 35.5 Å². The van der Waals surface area contributed by atoms with Crippen LogP contribution in [0.5, 0.6) is 6.01 Å². The first-order valence-corrected chi connectivity index (χ1v) is 14.0. The van der Waals surface area contributed by atoms with Gasteiger partial charge in [-0.2, -0.15) is 9.97 Å². The Balaban J connectivity index is 1.35. The van der Waals surface area contributed by atoms with E-state index >= 15 is 4.39 Å². The van der Waals surface area contributed by atoms with Gasteiger partial charge < -0.3 is 15.0 Å². The third-order valence-electron chi connectivity index (χ3n) is 8.71. The number of fused-ring (bicyclic) bond motifs is 3. The van der Waals surface area contributed by atoms with Gasteiger partial charge in [0.05, 0.1) is 10.9 Å². The Labute approximate surface area is 230 Å². The van der Waals surface area contributed by atoms with Gasteiger partial charge in [-0.3, -0.25) is 4.90 Å². The number of alkyl halides is 1. The molecule has 7 rings (SSSR count). The summed E-state index contributed by atoms with van der Waals surface area (Å²) in [5.74, 6) is -0.476. The van der Waals surface area contributed by atoms with Crippen molar-refractivity contribution < 1.29 is 17.9 Å². The fraction of sp³-hybridized carbons (Fsp3) is 0.433. The number of aromatic nitrogens is 3. The second kappa shape index (κ2) is 9.85. The van der Waals surface area contributed by atoms with E-state index in [0.717, 1.165) is 32.5 Å². The van der Waals surface area contributed by atoms with Crippen LogP contribution in [0.3, 0.4) is 0 Å². The molecule has 0 bridgehead atoms. The molecular weight excluding hydrogens is 517 g/mol. The fourth-order valence-corrected chi connectivity index (χ4v) is 6.76. The lowest BCUT2D eigenvalue weighted by Crippen LogP contribution is -2.50. The normalized spacial score (nSPS) is 25.1. The number of pyridine rings is 1. The highest BCUT2D eigenvalue weighted by molar-refractivity contribution is 5.98. The lowest BCUT2D eigenvalue weighted by Gasteiger charge is -2.35. The number of nitrogens with zero attached hydrogens (tertiary/aromatic N) is 5. The van der Waals surface area contributed by atoms with Crippen LogP contribution in [0, 0.1) is 11.6 Å². The molecule has 3 aliphatic heterocycles. The number of piperazine rings is 1. The second-order valence-corrected chi connectivity index (χ2v) is 11.3. The maximum Gasteiger partial charge on any atom is 0.320 e. The molecule has 2 aromatic heterocycles. The van der Waals surface area contributed by atoms with Crippen molar-refractivity contribution in [2.24, 2.45) is 0 Å². The molecule has 0 radical (unpaired) electrons. The van der Waals surface area contributed by atoms with Gasteiger partial charge in [-0.1, -0.05) is 30.3 Å². The topological polar surface area (TPSA) is 66.4 Å². The van der Waals surface area contributed by atoms with Crippen LogP contribution >= 0.6 is 0 Å². The van der Waals surface area contributed by atoms with Crippen LogP contribution in [0.25, 0.3) is 33.1 Å². The zero-order chi connectivity index (χ0) is 27.4. The van der Waals surface area contributed by atoms with Gasteiger partial charge in [0.2, 0.25) is 0 Å². The van der Waals surface area contributed by atoms with E-state index in [4.69, 9.17) is 9.72 Å². The number of hydrogen-bond donors (Lipinski definition) is 1. The number of halogens is 3. The molecule has 208 valence electrons. The summed E-state index contributed by atoms with van der Waals surface area (Å²) in [5.41, 5.74) is 0.283. The summed E-state index contributed by atoms with van der Waals surface area (Å²) < 4.78 is 51.3. The Morgan fingerprint density at radius 1 is 1.07 bits per heavy atom. The SMILES string of the molecule is C[C@@H]1CNCCN1c1nc(OC[C@@]23CCCN2C[C@H](F)C3)nc2nc(-c3cccc4cccc(F)c34)c(F)cc12. The number of rotatable bonds is 5. The van der Waals surface area contributed by atoms with Crippen LogP contribution in [0.1, 0.15) is 26.2 Å². The van der Waals surface area contributed by atoms with Gasteiger partial charge in [-0.25, -0.2) is 18.2 Å². The maximum absolute atomic E-state index is 15.8. The quantitative estimate of drug-likeness (QED) is 0.382. The van der Waals surface area contributed by atoms with E-state index in [1.165, 1.54) is 12.1 Å². The largest absolute Gasteiger partial charge is 0.461 e. The van der Waals surface area contributed by atoms with E-state index in [1.807, 2.05) is 0 Å². The number of anilines is 1. The second-order valence-electron chi connectivity index (χ2n) is 11.3. The fourth-order valence-electron chi connectivity index (χ4n) is 6.76. The Morgan fingerprint density at radius 2 is 1.93 bits per heavy atom. The molecule has 3 atom stereocenters. The van der Waals surface area contributed by atoms with Crippen molar-refractivity contribution in [2.75, 3.05) is 44.2 Å². The predicted octanol–water partition coefficient (Wildman–Crippen LogP) is 4.88. The highest BCUT2D eigenvalue weighted by Gasteiger charge is 2.49. The van der Waals surface area contributed by atoms with E-state index in [0.29, 0.717) is 47.1 Å². The highest BCUT2D eigenvalue weighted by Crippen LogP contribution is 2.41. The van der Waals surface area contributed by atoms with E-state index in [1.54, 1.807) is 30.3 Å². The van der Waals surface area contributed by atoms with Crippen LogP contribution in [0.4, 0.5) is 19.0 Å². The minimum atomic E-state index is -0.869. The van der Waals surface area contributed by atoms with Crippen molar-refractivity contribution in [3.05, 3.63) is 54.1 Å². The lowest BCUT2D eigenvalue weighted by molar-refractivity contribution is 0.107. The zero-order valence-electron chi connectivity index (χ0n) is 22.3. The molecule has 4 aromatic rings. The molecule has 3 fully saturated rings. The third kappa shape index (κ3) is 4.25. The summed E-state index contributed by atoms with van der Waals surface area (Å²) in [6.45, 7) is 5.82. The van der Waals surface area contributed by atoms with Crippen molar-refractivity contribution in [3.63, 3.8) is 0 Å². The van der Waals surface area contributed by atoms with Gasteiger partial charge in [0.15, 0.2) is 5.65 Å². The molecule has 0 saturated carbocycles. The molecule has 0 amide bonds. The Morgan fingerprint density at radius 3 is 2.77 bits per heavy atom. The molecule has 0 aliphatic carbocycles. The standard InChI is InChI=1S/C30H31F3N6O/c1-18-15-34-10-12-39(18)28-22-13-24(33)26(21-7-2-5-19-6-3-8-23(32)25(19)21)35-27(22)36-29(37-28)40-17-30-9-4-11-38(30)16-20(31)14-30/h2-3,5-8,13,18,20,34H,4,9-12,14-17H2,1H3/t18-,20-,30+/m1/s1. The highest BCUT2D eigenvalue weighted by atomic mass is 19.1. The van der Waals surface area contributed by atoms with Crippen LogP contribution in [0.2, 0.25) is 0 Å². The average molecular weight is 549 g/mol. The van der Waals surface area contributed by atoms with Gasteiger partial charge >= 0.3 is 6.01 Å². The molecule has 0 unspecified atom stereocenters. The Bertz CT molecular complexity index is 1600. The van der Waals surface area contributed by atoms with Gasteiger partial charge in [0.1, 0.15) is 35.9 Å². The first-order chi connectivity index (χ1) is 19.4. The molecule has 0 spiro atoms. The zero-order valence-corrected chi connectivity index (χ0v) is 22.3. The van der Waals surface area contributed by atoms with Crippen LogP contribution in [0.15, 0.2) is 42.5 Å². The molecule has 1 N–H and O–H groups in total. The molecule has 3 aliphatic rings.